The Kier molecular flexibility index (Phi) is 16.3. The van der Waals surface area contributed by atoms with Crippen molar-refractivity contribution >= 4 is 0 Å². The molecule has 59 heavy (non-hydrogen) atoms. The van der Waals surface area contributed by atoms with E-state index < -0.39 is 0 Å². The SMILES string of the molecule is C1=C/COC[C@@H](c2ccccc2)N(Cc2ccccc2)Cc2ccccc2OCCOCCOc2ccccc2CN(Cc2ccccc2)[C@H](c2ccccc2)COC/1. The number of hydrogen-bond donors (Lipinski definition) is 0. The van der Waals surface area contributed by atoms with Gasteiger partial charge in [-0.3, -0.25) is 9.80 Å². The predicted molar refractivity (Wildman–Crippen MR) is 235 cm³/mol. The third kappa shape index (κ3) is 13.0. The van der Waals surface area contributed by atoms with E-state index in [-0.39, 0.29) is 12.1 Å². The summed E-state index contributed by atoms with van der Waals surface area (Å²) in [5.74, 6) is 1.71. The zero-order valence-electron chi connectivity index (χ0n) is 33.9. The summed E-state index contributed by atoms with van der Waals surface area (Å²) in [6.07, 6.45) is 4.15. The van der Waals surface area contributed by atoms with Crippen LogP contribution in [0.5, 0.6) is 11.5 Å². The Morgan fingerprint density at radius 1 is 0.390 bits per heavy atom. The van der Waals surface area contributed by atoms with Crippen molar-refractivity contribution in [3.05, 3.63) is 215 Å². The maximum atomic E-state index is 6.46. The normalized spacial score (nSPS) is 19.1. The highest BCUT2D eigenvalue weighted by molar-refractivity contribution is 5.35. The lowest BCUT2D eigenvalue weighted by atomic mass is 10.0. The number of rotatable bonds is 6. The molecular weight excluding hydrogens is 733 g/mol. The second-order valence-corrected chi connectivity index (χ2v) is 14.7. The molecule has 0 fully saturated rings. The van der Waals surface area contributed by atoms with Crippen LogP contribution < -0.4 is 9.47 Å². The van der Waals surface area contributed by atoms with Gasteiger partial charge >= 0.3 is 0 Å². The first kappa shape index (κ1) is 41.6. The van der Waals surface area contributed by atoms with Crippen LogP contribution in [0.2, 0.25) is 0 Å². The Balaban J connectivity index is 1.13. The van der Waals surface area contributed by atoms with Crippen molar-refractivity contribution in [2.75, 3.05) is 52.9 Å². The topological polar surface area (TPSA) is 52.6 Å². The van der Waals surface area contributed by atoms with Crippen LogP contribution in [0.3, 0.4) is 0 Å². The standard InChI is InChI=1S/C52H56N2O5/c1-5-19-43(20-6-1)37-53-39-47-27-13-15-29-51(47)58-35-33-55-34-36-59-52-30-16-14-28-48(52)40-54(38-44-21-7-2-8-22-44)50(46-25-11-4-12-26-46)42-57-32-18-17-31-56-41-49(53)45-23-9-3-10-24-45/h1-30,49-50H,31-42H2/b18-17+/t49-,50-/m0/s1. The highest BCUT2D eigenvalue weighted by Gasteiger charge is 2.24. The van der Waals surface area contributed by atoms with Crippen LogP contribution in [-0.2, 0) is 40.4 Å². The molecule has 0 N–H and O–H groups in total. The van der Waals surface area contributed by atoms with E-state index in [4.69, 9.17) is 23.7 Å². The molecule has 0 unspecified atom stereocenters. The summed E-state index contributed by atoms with van der Waals surface area (Å²) in [6.45, 7) is 6.61. The van der Waals surface area contributed by atoms with E-state index >= 15 is 0 Å². The molecule has 1 heterocycles. The minimum atomic E-state index is -0.00160. The van der Waals surface area contributed by atoms with Crippen LogP contribution in [0.25, 0.3) is 0 Å². The molecule has 304 valence electrons. The summed E-state index contributed by atoms with van der Waals surface area (Å²) in [6, 6.07) is 59.2. The third-order valence-electron chi connectivity index (χ3n) is 10.5. The average molecular weight is 789 g/mol. The molecule has 0 aliphatic carbocycles. The Morgan fingerprint density at radius 3 is 1.19 bits per heavy atom. The fourth-order valence-corrected chi connectivity index (χ4v) is 7.51. The molecule has 0 spiro atoms. The van der Waals surface area contributed by atoms with Gasteiger partial charge in [-0.2, -0.15) is 0 Å². The van der Waals surface area contributed by atoms with Gasteiger partial charge in [0.2, 0.25) is 0 Å². The summed E-state index contributed by atoms with van der Waals surface area (Å²) < 4.78 is 31.8. The van der Waals surface area contributed by atoms with Crippen molar-refractivity contribution in [3.63, 3.8) is 0 Å². The summed E-state index contributed by atoms with van der Waals surface area (Å²) in [5, 5.41) is 0. The Bertz CT molecular complexity index is 1950. The van der Waals surface area contributed by atoms with E-state index in [2.05, 4.69) is 168 Å². The number of ether oxygens (including phenoxy) is 5. The van der Waals surface area contributed by atoms with Gasteiger partial charge in [-0.05, 0) is 34.4 Å². The molecule has 1 aliphatic rings. The van der Waals surface area contributed by atoms with Gasteiger partial charge in [0.05, 0.1) is 51.7 Å². The molecule has 0 aromatic heterocycles. The van der Waals surface area contributed by atoms with E-state index in [9.17, 15) is 0 Å². The van der Waals surface area contributed by atoms with Crippen molar-refractivity contribution < 1.29 is 23.7 Å². The van der Waals surface area contributed by atoms with Crippen molar-refractivity contribution in [1.82, 2.24) is 9.80 Å². The second-order valence-electron chi connectivity index (χ2n) is 14.7. The molecule has 0 saturated carbocycles. The lowest BCUT2D eigenvalue weighted by Gasteiger charge is -2.33. The van der Waals surface area contributed by atoms with Gasteiger partial charge in [0.25, 0.3) is 0 Å². The minimum absolute atomic E-state index is 0.00160. The zero-order valence-corrected chi connectivity index (χ0v) is 33.9. The minimum Gasteiger partial charge on any atom is -0.491 e. The number of benzene rings is 6. The third-order valence-corrected chi connectivity index (χ3v) is 10.5. The first-order valence-corrected chi connectivity index (χ1v) is 20.8. The Morgan fingerprint density at radius 2 is 0.763 bits per heavy atom. The average Bonchev–Trinajstić information content (AvgIpc) is 3.28. The molecule has 7 rings (SSSR count). The van der Waals surface area contributed by atoms with Crippen LogP contribution in [0.15, 0.2) is 182 Å². The van der Waals surface area contributed by atoms with E-state index in [1.807, 2.05) is 24.3 Å². The van der Waals surface area contributed by atoms with Gasteiger partial charge in [-0.1, -0.05) is 170 Å². The van der Waals surface area contributed by atoms with Gasteiger partial charge in [-0.25, -0.2) is 0 Å². The number of fused-ring (bicyclic) bond motifs is 2. The van der Waals surface area contributed by atoms with Crippen LogP contribution in [0, 0.1) is 0 Å². The fourth-order valence-electron chi connectivity index (χ4n) is 7.51. The summed E-state index contributed by atoms with van der Waals surface area (Å²) in [7, 11) is 0. The van der Waals surface area contributed by atoms with Crippen LogP contribution >= 0.6 is 0 Å². The monoisotopic (exact) mass is 788 g/mol. The fraction of sp³-hybridized carbons (Fsp3) is 0.269. The lowest BCUT2D eigenvalue weighted by Crippen LogP contribution is -2.31. The molecule has 0 saturated heterocycles. The van der Waals surface area contributed by atoms with Crippen LogP contribution in [0.1, 0.15) is 45.5 Å². The predicted octanol–water partition coefficient (Wildman–Crippen LogP) is 10.3. The molecular formula is C52H56N2O5. The van der Waals surface area contributed by atoms with Crippen molar-refractivity contribution in [3.8, 4) is 11.5 Å². The highest BCUT2D eigenvalue weighted by atomic mass is 16.5. The van der Waals surface area contributed by atoms with Gasteiger partial charge in [-0.15, -0.1) is 0 Å². The maximum Gasteiger partial charge on any atom is 0.123 e. The molecule has 2 atom stereocenters. The smallest absolute Gasteiger partial charge is 0.123 e. The molecule has 6 aromatic rings. The zero-order chi connectivity index (χ0) is 40.2. The van der Waals surface area contributed by atoms with Crippen molar-refractivity contribution in [1.29, 1.82) is 0 Å². The van der Waals surface area contributed by atoms with Gasteiger partial charge in [0, 0.05) is 37.3 Å². The van der Waals surface area contributed by atoms with Crippen LogP contribution in [0.4, 0.5) is 0 Å². The summed E-state index contributed by atoms with van der Waals surface area (Å²) in [4.78, 5) is 4.97. The highest BCUT2D eigenvalue weighted by Crippen LogP contribution is 2.31. The largest absolute Gasteiger partial charge is 0.491 e. The van der Waals surface area contributed by atoms with E-state index in [1.54, 1.807) is 0 Å². The lowest BCUT2D eigenvalue weighted by molar-refractivity contribution is 0.0593. The summed E-state index contributed by atoms with van der Waals surface area (Å²) in [5.41, 5.74) is 7.11. The molecule has 0 amide bonds. The quantitative estimate of drug-likeness (QED) is 0.156. The molecule has 6 aromatic carbocycles. The van der Waals surface area contributed by atoms with E-state index in [0.29, 0.717) is 65.9 Å². The van der Waals surface area contributed by atoms with Crippen LogP contribution in [-0.4, -0.2) is 62.7 Å². The van der Waals surface area contributed by atoms with Gasteiger partial charge in [0.1, 0.15) is 24.7 Å². The van der Waals surface area contributed by atoms with E-state index in [0.717, 1.165) is 35.7 Å². The van der Waals surface area contributed by atoms with Crippen molar-refractivity contribution in [2.24, 2.45) is 0 Å². The molecule has 7 nitrogen and oxygen atoms in total. The van der Waals surface area contributed by atoms with Gasteiger partial charge < -0.3 is 23.7 Å². The molecule has 0 radical (unpaired) electrons. The van der Waals surface area contributed by atoms with Crippen molar-refractivity contribution in [2.45, 2.75) is 38.3 Å². The number of para-hydroxylation sites is 2. The first-order valence-electron chi connectivity index (χ1n) is 20.8. The Labute approximate surface area is 350 Å². The molecule has 0 bridgehead atoms. The molecule has 1 aliphatic heterocycles. The second kappa shape index (κ2) is 23.2. The summed E-state index contributed by atoms with van der Waals surface area (Å²) >= 11 is 0. The van der Waals surface area contributed by atoms with Gasteiger partial charge in [0.15, 0.2) is 0 Å². The maximum absolute atomic E-state index is 6.46. The Hall–Kier alpha value is -5.54. The molecule has 7 heteroatoms. The van der Waals surface area contributed by atoms with E-state index in [1.165, 1.54) is 22.3 Å². The first-order chi connectivity index (χ1) is 29.3. The number of nitrogens with zero attached hydrogens (tertiary/aromatic N) is 2. The number of hydrogen-bond acceptors (Lipinski definition) is 7.